The van der Waals surface area contributed by atoms with Crippen LogP contribution in [0.25, 0.3) is 0 Å². The maximum atomic E-state index is 6.34. The van der Waals surface area contributed by atoms with E-state index < -0.39 is 5.96 Å². The number of rotatable bonds is 5. The van der Waals surface area contributed by atoms with Crippen LogP contribution in [0, 0.1) is 0 Å². The van der Waals surface area contributed by atoms with Gasteiger partial charge in [-0.2, -0.15) is 0 Å². The first-order chi connectivity index (χ1) is 11.2. The molecule has 0 spiro atoms. The molecule has 0 radical (unpaired) electrons. The summed E-state index contributed by atoms with van der Waals surface area (Å²) in [5, 5.41) is 3.60. The molecule has 0 saturated heterocycles. The minimum atomic E-state index is -1.61. The fourth-order valence-electron chi connectivity index (χ4n) is 2.71. The van der Waals surface area contributed by atoms with Crippen LogP contribution >= 0.6 is 33.1 Å². The minimum Gasteiger partial charge on any atom is -0.0840 e. The van der Waals surface area contributed by atoms with Crippen LogP contribution in [0.15, 0.2) is 84.9 Å². The topological polar surface area (TPSA) is 0 Å². The highest BCUT2D eigenvalue weighted by molar-refractivity contribution is 9.43. The van der Waals surface area contributed by atoms with E-state index >= 15 is 0 Å². The quantitative estimate of drug-likeness (QED) is 0.467. The van der Waals surface area contributed by atoms with Gasteiger partial charge in [0.1, 0.15) is 16.6 Å². The van der Waals surface area contributed by atoms with Gasteiger partial charge in [-0.3, -0.25) is 0 Å². The summed E-state index contributed by atoms with van der Waals surface area (Å²) >= 11 is 10.5. The average molecular weight is 405 g/mol. The fraction of sp³-hybridized carbons (Fsp3) is 0.100. The lowest BCUT2D eigenvalue weighted by atomic mass is 10.2. The molecule has 23 heavy (non-hydrogen) atoms. The third kappa shape index (κ3) is 3.86. The van der Waals surface area contributed by atoms with Crippen molar-refractivity contribution in [3.05, 3.63) is 95.5 Å². The van der Waals surface area contributed by atoms with E-state index in [1.807, 2.05) is 12.1 Å². The molecule has 116 valence electrons. The maximum Gasteiger partial charge on any atom is 0.151 e. The van der Waals surface area contributed by atoms with E-state index in [1.165, 1.54) is 16.2 Å². The van der Waals surface area contributed by atoms with Gasteiger partial charge < -0.3 is 0 Å². The van der Waals surface area contributed by atoms with E-state index in [0.29, 0.717) is 0 Å². The summed E-state index contributed by atoms with van der Waals surface area (Å²) in [6.07, 6.45) is 2.01. The van der Waals surface area contributed by atoms with Gasteiger partial charge in [-0.1, -0.05) is 66.2 Å². The molecule has 0 nitrogen and oxygen atoms in total. The molecule has 3 heteroatoms. The van der Waals surface area contributed by atoms with E-state index in [0.717, 1.165) is 17.6 Å². The molecule has 0 saturated carbocycles. The van der Waals surface area contributed by atoms with Gasteiger partial charge in [-0.25, -0.2) is 0 Å². The lowest BCUT2D eigenvalue weighted by molar-refractivity contribution is 1.15. The van der Waals surface area contributed by atoms with Crippen LogP contribution in [0.5, 0.6) is 0 Å². The van der Waals surface area contributed by atoms with Crippen molar-refractivity contribution in [2.45, 2.75) is 6.42 Å². The van der Waals surface area contributed by atoms with E-state index in [-0.39, 0.29) is 0 Å². The summed E-state index contributed by atoms with van der Waals surface area (Å²) in [6.45, 7) is 0. The van der Waals surface area contributed by atoms with E-state index in [4.69, 9.17) is 11.6 Å². The average Bonchev–Trinajstić information content (AvgIpc) is 2.62. The zero-order valence-electron chi connectivity index (χ0n) is 12.7. The summed E-state index contributed by atoms with van der Waals surface area (Å²) in [5.74, 6) is -1.61. The Morgan fingerprint density at radius 1 is 0.696 bits per heavy atom. The second kappa shape index (κ2) is 7.62. The Balaban J connectivity index is 1.95. The number of hydrogen-bond donors (Lipinski definition) is 0. The van der Waals surface area contributed by atoms with Gasteiger partial charge in [0, 0.05) is 11.4 Å². The standard InChI is InChI=1S/C20H18BrClP/c21-23(18-10-3-1-4-11-18,19-12-5-2-6-13-19)16-15-17-9-7-8-14-20(17)22/h1-14H,15-16H2/q+1. The molecule has 0 aliphatic rings. The normalized spacial score (nSPS) is 11.4. The molecular weight excluding hydrogens is 387 g/mol. The van der Waals surface area contributed by atoms with Crippen LogP contribution in [0.2, 0.25) is 5.02 Å². The van der Waals surface area contributed by atoms with Crippen LogP contribution in [-0.4, -0.2) is 6.16 Å². The predicted octanol–water partition coefficient (Wildman–Crippen LogP) is 5.86. The summed E-state index contributed by atoms with van der Waals surface area (Å²) in [6, 6.07) is 29.6. The summed E-state index contributed by atoms with van der Waals surface area (Å²) in [4.78, 5) is 0. The Labute approximate surface area is 151 Å². The Morgan fingerprint density at radius 2 is 1.17 bits per heavy atom. The molecule has 0 bridgehead atoms. The van der Waals surface area contributed by atoms with Crippen molar-refractivity contribution in [3.8, 4) is 0 Å². The van der Waals surface area contributed by atoms with Gasteiger partial charge in [0.25, 0.3) is 0 Å². The third-order valence-electron chi connectivity index (χ3n) is 3.98. The van der Waals surface area contributed by atoms with Crippen molar-refractivity contribution >= 4 is 43.7 Å². The van der Waals surface area contributed by atoms with E-state index in [2.05, 4.69) is 88.3 Å². The van der Waals surface area contributed by atoms with Crippen LogP contribution < -0.4 is 10.6 Å². The summed E-state index contributed by atoms with van der Waals surface area (Å²) in [5.41, 5.74) is 1.21. The molecular formula is C20H18BrClP+. The third-order valence-corrected chi connectivity index (χ3v) is 10.9. The Morgan fingerprint density at radius 3 is 1.70 bits per heavy atom. The van der Waals surface area contributed by atoms with Crippen molar-refractivity contribution in [1.82, 2.24) is 0 Å². The van der Waals surface area contributed by atoms with Gasteiger partial charge in [-0.05, 0) is 35.9 Å². The Kier molecular flexibility index (Phi) is 5.54. The zero-order chi connectivity index (χ0) is 16.1. The molecule has 3 rings (SSSR count). The van der Waals surface area contributed by atoms with Crippen LogP contribution in [-0.2, 0) is 6.42 Å². The van der Waals surface area contributed by atoms with Gasteiger partial charge in [0.15, 0.2) is 15.5 Å². The highest BCUT2D eigenvalue weighted by atomic mass is 79.9. The maximum absolute atomic E-state index is 6.34. The summed E-state index contributed by atoms with van der Waals surface area (Å²) in [7, 11) is 0. The van der Waals surface area contributed by atoms with Gasteiger partial charge >= 0.3 is 0 Å². The van der Waals surface area contributed by atoms with Crippen molar-refractivity contribution in [2.75, 3.05) is 6.16 Å². The summed E-state index contributed by atoms with van der Waals surface area (Å²) < 4.78 is 0. The van der Waals surface area contributed by atoms with Gasteiger partial charge in [0.2, 0.25) is 0 Å². The molecule has 0 heterocycles. The molecule has 0 aliphatic heterocycles. The Bertz CT molecular complexity index is 719. The highest BCUT2D eigenvalue weighted by Crippen LogP contribution is 2.64. The molecule has 0 aliphatic carbocycles. The largest absolute Gasteiger partial charge is 0.151 e. The molecule has 3 aromatic carbocycles. The smallest absolute Gasteiger partial charge is 0.0840 e. The molecule has 0 unspecified atom stereocenters. The number of aryl methyl sites for hydroxylation is 1. The molecule has 0 aromatic heterocycles. The van der Waals surface area contributed by atoms with Crippen molar-refractivity contribution in [1.29, 1.82) is 0 Å². The minimum absolute atomic E-state index is 0.854. The van der Waals surface area contributed by atoms with Gasteiger partial charge in [-0.15, -0.1) is 0 Å². The number of hydrogen-bond acceptors (Lipinski definition) is 0. The first-order valence-corrected chi connectivity index (χ1v) is 12.0. The van der Waals surface area contributed by atoms with Crippen molar-refractivity contribution in [3.63, 3.8) is 0 Å². The molecule has 0 amide bonds. The van der Waals surface area contributed by atoms with Crippen molar-refractivity contribution in [2.24, 2.45) is 0 Å². The van der Waals surface area contributed by atoms with Crippen molar-refractivity contribution < 1.29 is 0 Å². The van der Waals surface area contributed by atoms with Crippen LogP contribution in [0.1, 0.15) is 5.56 Å². The van der Waals surface area contributed by atoms with Gasteiger partial charge in [0.05, 0.1) is 6.16 Å². The molecule has 3 aromatic rings. The zero-order valence-corrected chi connectivity index (χ0v) is 15.9. The SMILES string of the molecule is Clc1ccccc1CC[P+](Br)(c1ccccc1)c1ccccc1. The van der Waals surface area contributed by atoms with E-state index in [1.54, 1.807) is 0 Å². The van der Waals surface area contributed by atoms with E-state index in [9.17, 15) is 0 Å². The molecule has 0 atom stereocenters. The highest BCUT2D eigenvalue weighted by Gasteiger charge is 2.40. The first-order valence-electron chi connectivity index (χ1n) is 7.62. The number of halogens is 2. The lowest BCUT2D eigenvalue weighted by Gasteiger charge is -2.20. The first kappa shape index (κ1) is 16.7. The Hall–Kier alpha value is -1.14. The monoisotopic (exact) mass is 403 g/mol. The fourth-order valence-corrected chi connectivity index (χ4v) is 7.55. The second-order valence-corrected chi connectivity index (χ2v) is 12.4. The number of benzene rings is 3. The second-order valence-electron chi connectivity index (χ2n) is 5.45. The van der Waals surface area contributed by atoms with Crippen LogP contribution in [0.3, 0.4) is 0 Å². The lowest BCUT2D eigenvalue weighted by Crippen LogP contribution is -2.21. The predicted molar refractivity (Wildman–Crippen MR) is 108 cm³/mol. The molecule has 0 fully saturated rings. The van der Waals surface area contributed by atoms with Crippen LogP contribution in [0.4, 0.5) is 0 Å². The molecule has 0 N–H and O–H groups in total.